The second kappa shape index (κ2) is 15.5. The molecular formula is C71H60N2. The Hall–Kier alpha value is -7.42. The van der Waals surface area contributed by atoms with E-state index in [2.05, 4.69) is 223 Å². The van der Waals surface area contributed by atoms with Gasteiger partial charge in [0.25, 0.3) is 0 Å². The minimum atomic E-state index is 0.109. The average Bonchev–Trinajstić information content (AvgIpc) is 3.78. The second-order valence-electron chi connectivity index (χ2n) is 23.2. The molecule has 2 bridgehead atoms. The molecular weight excluding hydrogens is 881 g/mol. The lowest BCUT2D eigenvalue weighted by Gasteiger charge is -2.49. The van der Waals surface area contributed by atoms with E-state index in [1.165, 1.54) is 153 Å². The van der Waals surface area contributed by atoms with Crippen LogP contribution in [0, 0.1) is 23.2 Å². The first-order valence-corrected chi connectivity index (χ1v) is 27.6. The van der Waals surface area contributed by atoms with Gasteiger partial charge in [0.1, 0.15) is 0 Å². The summed E-state index contributed by atoms with van der Waals surface area (Å²) < 4.78 is 2.50. The molecule has 2 nitrogen and oxygen atoms in total. The number of fused-ring (bicyclic) bond motifs is 15. The highest BCUT2D eigenvalue weighted by molar-refractivity contribution is 6.12. The molecule has 0 N–H and O–H groups in total. The molecule has 354 valence electrons. The van der Waals surface area contributed by atoms with Crippen molar-refractivity contribution in [2.75, 3.05) is 4.90 Å². The van der Waals surface area contributed by atoms with Gasteiger partial charge in [-0.15, -0.1) is 0 Å². The number of benzene rings is 9. The molecule has 9 aromatic carbocycles. The zero-order valence-corrected chi connectivity index (χ0v) is 41.8. The van der Waals surface area contributed by atoms with Crippen LogP contribution >= 0.6 is 0 Å². The maximum atomic E-state index is 2.58. The van der Waals surface area contributed by atoms with Gasteiger partial charge >= 0.3 is 0 Å². The fraction of sp³-hybridized carbons (Fsp3) is 0.239. The van der Waals surface area contributed by atoms with Gasteiger partial charge in [-0.2, -0.15) is 0 Å². The van der Waals surface area contributed by atoms with Crippen LogP contribution in [0.4, 0.5) is 17.1 Å². The summed E-state index contributed by atoms with van der Waals surface area (Å²) in [5.41, 5.74) is 25.0. The number of anilines is 3. The number of para-hydroxylation sites is 1. The fourth-order valence-corrected chi connectivity index (χ4v) is 16.8. The van der Waals surface area contributed by atoms with Crippen molar-refractivity contribution in [3.05, 3.63) is 229 Å². The Bertz CT molecular complexity index is 3870. The molecule has 4 saturated carbocycles. The summed E-state index contributed by atoms with van der Waals surface area (Å²) in [7, 11) is 0. The first-order chi connectivity index (χ1) is 36.0. The van der Waals surface area contributed by atoms with Gasteiger partial charge in [-0.05, 0) is 195 Å². The van der Waals surface area contributed by atoms with Crippen LogP contribution < -0.4 is 4.90 Å². The summed E-state index contributed by atoms with van der Waals surface area (Å²) in [5.74, 6) is 2.41. The van der Waals surface area contributed by atoms with Crippen molar-refractivity contribution in [3.63, 3.8) is 0 Å². The number of nitrogens with zero attached hydrogens (tertiary/aromatic N) is 2. The highest BCUT2D eigenvalue weighted by atomic mass is 15.1. The topological polar surface area (TPSA) is 8.17 Å². The normalized spacial score (nSPS) is 23.3. The van der Waals surface area contributed by atoms with Crippen molar-refractivity contribution in [1.29, 1.82) is 0 Å². The van der Waals surface area contributed by atoms with Crippen LogP contribution in [0.1, 0.15) is 93.4 Å². The van der Waals surface area contributed by atoms with Crippen LogP contribution in [0.2, 0.25) is 0 Å². The summed E-state index contributed by atoms with van der Waals surface area (Å²) >= 11 is 0. The standard InChI is InChI=1S/C71H60N2/c1-2-50-43-69-44-51(69)40-52(45-69)71(50)65-26-13-11-24-58(65)60-38-48(28-32-66(60)71)49-27-31-59-62-42-56(30-34-67(62)73(68(59)39-49)53-20-8-4-9-21-53)72(54-22-16-19-47(37-54)46-17-6-3-7-18-46)55-29-33-64-61(41-55)57-23-10-12-25-63(57)70(64)35-14-5-15-36-70/h3-4,6-13,16-34,37-39,41-42,50-52H,2,5,14-15,35-36,40,43-45H2,1H3/t50-,51-,52+,69?,71+/m0/s1. The van der Waals surface area contributed by atoms with Crippen molar-refractivity contribution in [2.24, 2.45) is 23.2 Å². The van der Waals surface area contributed by atoms with E-state index in [0.717, 1.165) is 23.2 Å². The van der Waals surface area contributed by atoms with Crippen molar-refractivity contribution < 1.29 is 0 Å². The monoisotopic (exact) mass is 940 g/mol. The maximum absolute atomic E-state index is 2.58. The summed E-state index contributed by atoms with van der Waals surface area (Å²) in [6, 6.07) is 79.3. The minimum absolute atomic E-state index is 0.109. The molecule has 10 aromatic rings. The zero-order chi connectivity index (χ0) is 48.0. The molecule has 0 saturated heterocycles. The maximum Gasteiger partial charge on any atom is 0.0547 e. The summed E-state index contributed by atoms with van der Waals surface area (Å²) in [5, 5.41) is 2.51. The molecule has 2 heteroatoms. The van der Waals surface area contributed by atoms with E-state index in [9.17, 15) is 0 Å². The molecule has 73 heavy (non-hydrogen) atoms. The summed E-state index contributed by atoms with van der Waals surface area (Å²) in [6.45, 7) is 2.47. The van der Waals surface area contributed by atoms with E-state index in [1.54, 1.807) is 11.1 Å². The van der Waals surface area contributed by atoms with Gasteiger partial charge in [0.05, 0.1) is 11.0 Å². The third kappa shape index (κ3) is 5.87. The van der Waals surface area contributed by atoms with Gasteiger partial charge in [-0.3, -0.25) is 0 Å². The Labute approximate surface area is 430 Å². The van der Waals surface area contributed by atoms with Crippen LogP contribution in [0.15, 0.2) is 206 Å². The van der Waals surface area contributed by atoms with Gasteiger partial charge in [0, 0.05) is 44.4 Å². The molecule has 1 unspecified atom stereocenters. The number of rotatable bonds is 7. The molecule has 1 heterocycles. The van der Waals surface area contributed by atoms with Gasteiger partial charge in [0.15, 0.2) is 0 Å². The molecule has 0 radical (unpaired) electrons. The van der Waals surface area contributed by atoms with Crippen molar-refractivity contribution in [2.45, 2.75) is 82.0 Å². The van der Waals surface area contributed by atoms with E-state index in [4.69, 9.17) is 0 Å². The third-order valence-corrected chi connectivity index (χ3v) is 19.9. The number of aromatic nitrogens is 1. The summed E-state index contributed by atoms with van der Waals surface area (Å²) in [4.78, 5) is 2.51. The number of hydrogen-bond acceptors (Lipinski definition) is 1. The molecule has 4 fully saturated rings. The first kappa shape index (κ1) is 42.1. The van der Waals surface area contributed by atoms with Crippen LogP contribution in [-0.2, 0) is 10.8 Å². The molecule has 0 amide bonds. The SMILES string of the molecule is CC[C@H]1CC23C[C@@H]2C[C@H](C3)[C@@]12c1ccccc1-c1cc(-c3ccc4c5cc(N(c6cccc(-c7ccccc7)c6)c6ccc7c(c6)-c6ccccc6C76CCCCC6)ccc5n(-c5ccccc5)c4c3)ccc12. The predicted molar refractivity (Wildman–Crippen MR) is 304 cm³/mol. The minimum Gasteiger partial charge on any atom is -0.310 e. The summed E-state index contributed by atoms with van der Waals surface area (Å²) in [6.07, 6.45) is 13.3. The third-order valence-electron chi connectivity index (χ3n) is 19.9. The largest absolute Gasteiger partial charge is 0.310 e. The molecule has 16 rings (SSSR count). The Balaban J connectivity index is 0.863. The highest BCUT2D eigenvalue weighted by Gasteiger charge is 2.70. The average molecular weight is 941 g/mol. The van der Waals surface area contributed by atoms with Crippen LogP contribution in [0.3, 0.4) is 0 Å². The Morgan fingerprint density at radius 1 is 0.438 bits per heavy atom. The lowest BCUT2D eigenvalue weighted by atomic mass is 9.53. The first-order valence-electron chi connectivity index (χ1n) is 27.6. The van der Waals surface area contributed by atoms with Gasteiger partial charge < -0.3 is 9.47 Å². The fourth-order valence-electron chi connectivity index (χ4n) is 16.8. The highest BCUT2D eigenvalue weighted by Crippen LogP contribution is 2.78. The smallest absolute Gasteiger partial charge is 0.0547 e. The molecule has 3 spiro atoms. The molecule has 1 aromatic heterocycles. The predicted octanol–water partition coefficient (Wildman–Crippen LogP) is 18.9. The molecule has 5 atom stereocenters. The van der Waals surface area contributed by atoms with Crippen LogP contribution in [0.5, 0.6) is 0 Å². The molecule has 6 aliphatic rings. The lowest BCUT2D eigenvalue weighted by Crippen LogP contribution is -2.45. The molecule has 0 aliphatic heterocycles. The van der Waals surface area contributed by atoms with E-state index >= 15 is 0 Å². The van der Waals surface area contributed by atoms with E-state index < -0.39 is 0 Å². The Morgan fingerprint density at radius 2 is 1.05 bits per heavy atom. The Morgan fingerprint density at radius 3 is 1.89 bits per heavy atom. The van der Waals surface area contributed by atoms with E-state index in [0.29, 0.717) is 11.3 Å². The van der Waals surface area contributed by atoms with Gasteiger partial charge in [0.2, 0.25) is 0 Å². The van der Waals surface area contributed by atoms with E-state index in [-0.39, 0.29) is 10.8 Å². The van der Waals surface area contributed by atoms with Crippen LogP contribution in [-0.4, -0.2) is 4.57 Å². The quantitative estimate of drug-likeness (QED) is 0.155. The van der Waals surface area contributed by atoms with Crippen LogP contribution in [0.25, 0.3) is 72.0 Å². The van der Waals surface area contributed by atoms with Crippen molar-refractivity contribution in [3.8, 4) is 50.2 Å². The second-order valence-corrected chi connectivity index (χ2v) is 23.2. The lowest BCUT2D eigenvalue weighted by molar-refractivity contribution is 0.114. The molecule has 6 aliphatic carbocycles. The van der Waals surface area contributed by atoms with Crippen molar-refractivity contribution in [1.82, 2.24) is 4.57 Å². The zero-order valence-electron chi connectivity index (χ0n) is 41.8. The van der Waals surface area contributed by atoms with Crippen molar-refractivity contribution >= 4 is 38.9 Å². The number of hydrogen-bond donors (Lipinski definition) is 0. The van der Waals surface area contributed by atoms with Gasteiger partial charge in [-0.1, -0.05) is 172 Å². The Kier molecular flexibility index (Phi) is 8.97. The van der Waals surface area contributed by atoms with E-state index in [1.807, 2.05) is 0 Å². The van der Waals surface area contributed by atoms with Gasteiger partial charge in [-0.25, -0.2) is 0 Å².